The molecule has 0 aliphatic carbocycles. The zero-order chi connectivity index (χ0) is 24.2. The summed E-state index contributed by atoms with van der Waals surface area (Å²) in [6, 6.07) is 15.3. The second-order valence-corrected chi connectivity index (χ2v) is 8.82. The van der Waals surface area contributed by atoms with Crippen molar-refractivity contribution in [2.24, 2.45) is 0 Å². The summed E-state index contributed by atoms with van der Waals surface area (Å²) in [5.74, 6) is 0.746. The van der Waals surface area contributed by atoms with Crippen LogP contribution in [0.15, 0.2) is 60.9 Å². The first-order valence-corrected chi connectivity index (χ1v) is 12.0. The fraction of sp³-hybridized carbons (Fsp3) is 0.333. The molecule has 8 nitrogen and oxygen atoms in total. The van der Waals surface area contributed by atoms with Crippen LogP contribution >= 0.6 is 0 Å². The number of ether oxygens (including phenoxy) is 1. The first-order valence-electron chi connectivity index (χ1n) is 12.0. The van der Waals surface area contributed by atoms with Crippen molar-refractivity contribution >= 4 is 17.8 Å². The van der Waals surface area contributed by atoms with E-state index in [1.807, 2.05) is 30.6 Å². The molecule has 1 saturated heterocycles. The predicted octanol–water partition coefficient (Wildman–Crippen LogP) is 3.35. The Morgan fingerprint density at radius 3 is 2.23 bits per heavy atom. The number of imide groups is 1. The average molecular weight is 472 g/mol. The summed E-state index contributed by atoms with van der Waals surface area (Å²) >= 11 is 0. The lowest BCUT2D eigenvalue weighted by Gasteiger charge is -2.34. The van der Waals surface area contributed by atoms with Gasteiger partial charge in [-0.2, -0.15) is 0 Å². The van der Waals surface area contributed by atoms with Gasteiger partial charge in [0, 0.05) is 50.7 Å². The molecule has 8 heteroatoms. The van der Waals surface area contributed by atoms with Crippen molar-refractivity contribution in [2.75, 3.05) is 51.3 Å². The molecule has 1 aromatic heterocycles. The Labute approximate surface area is 205 Å². The Morgan fingerprint density at radius 1 is 0.800 bits per heavy atom. The molecule has 2 amide bonds. The van der Waals surface area contributed by atoms with Crippen molar-refractivity contribution in [1.29, 1.82) is 0 Å². The van der Waals surface area contributed by atoms with Crippen LogP contribution in [0.1, 0.15) is 33.6 Å². The van der Waals surface area contributed by atoms with E-state index in [2.05, 4.69) is 31.9 Å². The lowest BCUT2D eigenvalue weighted by atomic mass is 10.1. The third-order valence-corrected chi connectivity index (χ3v) is 6.69. The van der Waals surface area contributed by atoms with Crippen LogP contribution in [0.25, 0.3) is 11.1 Å². The first-order chi connectivity index (χ1) is 17.2. The van der Waals surface area contributed by atoms with E-state index in [0.717, 1.165) is 62.6 Å². The number of nitrogens with zero attached hydrogens (tertiary/aromatic N) is 5. The maximum absolute atomic E-state index is 12.8. The van der Waals surface area contributed by atoms with Gasteiger partial charge in [0.15, 0.2) is 0 Å². The maximum Gasteiger partial charge on any atom is 0.265 e. The fourth-order valence-electron chi connectivity index (χ4n) is 4.72. The molecular formula is C27H29N5O3. The van der Waals surface area contributed by atoms with Crippen molar-refractivity contribution in [3.05, 3.63) is 72.1 Å². The minimum atomic E-state index is -0.255. The van der Waals surface area contributed by atoms with Gasteiger partial charge in [0.05, 0.1) is 18.2 Å². The second kappa shape index (κ2) is 10.2. The summed E-state index contributed by atoms with van der Waals surface area (Å²) in [7, 11) is 1.52. The first kappa shape index (κ1) is 23.0. The summed E-state index contributed by atoms with van der Waals surface area (Å²) in [4.78, 5) is 40.6. The number of aromatic nitrogens is 2. The van der Waals surface area contributed by atoms with Crippen LogP contribution < -0.4 is 9.64 Å². The monoisotopic (exact) mass is 471 g/mol. The number of fused-ring (bicyclic) bond motifs is 1. The summed E-state index contributed by atoms with van der Waals surface area (Å²) in [5, 5.41) is 0. The summed E-state index contributed by atoms with van der Waals surface area (Å²) in [5.41, 5.74) is 2.95. The Kier molecular flexibility index (Phi) is 6.72. The average Bonchev–Trinajstić information content (AvgIpc) is 3.17. The van der Waals surface area contributed by atoms with Gasteiger partial charge in [-0.3, -0.25) is 19.4 Å². The Morgan fingerprint density at radius 2 is 1.51 bits per heavy atom. The highest BCUT2D eigenvalue weighted by atomic mass is 16.5. The molecule has 1 fully saturated rings. The molecular weight excluding hydrogens is 442 g/mol. The smallest absolute Gasteiger partial charge is 0.265 e. The molecule has 35 heavy (non-hydrogen) atoms. The summed E-state index contributed by atoms with van der Waals surface area (Å²) in [6.45, 7) is 5.00. The Balaban J connectivity index is 1.07. The maximum atomic E-state index is 12.8. The number of carbonyl (C=O) groups is 2. The van der Waals surface area contributed by atoms with Crippen LogP contribution in [0.2, 0.25) is 0 Å². The van der Waals surface area contributed by atoms with Crippen LogP contribution in [0.4, 0.5) is 5.95 Å². The number of benzene rings is 2. The van der Waals surface area contributed by atoms with Gasteiger partial charge >= 0.3 is 0 Å². The molecule has 2 aliphatic heterocycles. The van der Waals surface area contributed by atoms with Gasteiger partial charge in [-0.15, -0.1) is 0 Å². The van der Waals surface area contributed by atoms with Gasteiger partial charge in [0.25, 0.3) is 11.8 Å². The van der Waals surface area contributed by atoms with E-state index in [1.165, 1.54) is 12.0 Å². The van der Waals surface area contributed by atoms with E-state index in [-0.39, 0.29) is 11.8 Å². The largest absolute Gasteiger partial charge is 0.496 e. The van der Waals surface area contributed by atoms with Crippen LogP contribution in [-0.4, -0.2) is 78.0 Å². The molecule has 3 aromatic rings. The minimum Gasteiger partial charge on any atom is -0.496 e. The molecule has 0 N–H and O–H groups in total. The zero-order valence-corrected chi connectivity index (χ0v) is 19.9. The van der Waals surface area contributed by atoms with E-state index < -0.39 is 0 Å². The molecule has 180 valence electrons. The fourth-order valence-corrected chi connectivity index (χ4v) is 4.72. The number of hydrogen-bond acceptors (Lipinski definition) is 7. The van der Waals surface area contributed by atoms with Gasteiger partial charge < -0.3 is 9.64 Å². The number of hydrogen-bond donors (Lipinski definition) is 0. The quantitative estimate of drug-likeness (QED) is 0.368. The number of piperazine rings is 1. The number of anilines is 1. The third kappa shape index (κ3) is 4.74. The topological polar surface area (TPSA) is 78.9 Å². The van der Waals surface area contributed by atoms with E-state index in [1.54, 1.807) is 18.2 Å². The lowest BCUT2D eigenvalue weighted by Crippen LogP contribution is -2.47. The number of unbranched alkanes of at least 4 members (excludes halogenated alkanes) is 1. The highest BCUT2D eigenvalue weighted by molar-refractivity contribution is 6.22. The van der Waals surface area contributed by atoms with E-state index in [4.69, 9.17) is 4.74 Å². The van der Waals surface area contributed by atoms with Gasteiger partial charge in [0.1, 0.15) is 5.75 Å². The molecule has 2 aliphatic rings. The molecule has 0 bridgehead atoms. The predicted molar refractivity (Wildman–Crippen MR) is 134 cm³/mol. The number of methoxy groups -OCH3 is 1. The normalized spacial score (nSPS) is 16.0. The molecule has 3 heterocycles. The molecule has 2 aromatic carbocycles. The van der Waals surface area contributed by atoms with E-state index >= 15 is 0 Å². The van der Waals surface area contributed by atoms with Crippen LogP contribution in [0.3, 0.4) is 0 Å². The SMILES string of the molecule is COc1cccc2c1C(=O)N(CCCCN1CCN(c3ncc(-c4ccccc4)cn3)CC1)C2=O. The summed E-state index contributed by atoms with van der Waals surface area (Å²) < 4.78 is 5.28. The lowest BCUT2D eigenvalue weighted by molar-refractivity contribution is 0.0649. The Bertz CT molecular complexity index is 1190. The summed E-state index contributed by atoms with van der Waals surface area (Å²) in [6.07, 6.45) is 5.47. The zero-order valence-electron chi connectivity index (χ0n) is 19.9. The van der Waals surface area contributed by atoms with Crippen LogP contribution in [0.5, 0.6) is 5.75 Å². The van der Waals surface area contributed by atoms with Crippen LogP contribution in [0, 0.1) is 0 Å². The Hall–Kier alpha value is -3.78. The molecule has 0 spiro atoms. The highest BCUT2D eigenvalue weighted by Crippen LogP contribution is 2.31. The number of amides is 2. The molecule has 0 radical (unpaired) electrons. The van der Waals surface area contributed by atoms with Crippen molar-refractivity contribution < 1.29 is 14.3 Å². The number of rotatable bonds is 8. The highest BCUT2D eigenvalue weighted by Gasteiger charge is 2.37. The standard InChI is InChI=1S/C27H29N5O3/c1-35-23-11-7-10-22-24(23)26(34)32(25(22)33)13-6-5-12-30-14-16-31(17-15-30)27-28-18-21(19-29-27)20-8-3-2-4-9-20/h2-4,7-11,18-19H,5-6,12-17H2,1H3. The molecule has 0 unspecified atom stereocenters. The molecule has 5 rings (SSSR count). The molecule has 0 saturated carbocycles. The van der Waals surface area contributed by atoms with Crippen LogP contribution in [-0.2, 0) is 0 Å². The molecule has 0 atom stereocenters. The van der Waals surface area contributed by atoms with Crippen molar-refractivity contribution in [3.63, 3.8) is 0 Å². The third-order valence-electron chi connectivity index (χ3n) is 6.69. The van der Waals surface area contributed by atoms with E-state index in [0.29, 0.717) is 23.4 Å². The van der Waals surface area contributed by atoms with Crippen molar-refractivity contribution in [2.45, 2.75) is 12.8 Å². The van der Waals surface area contributed by atoms with Gasteiger partial charge in [0.2, 0.25) is 5.95 Å². The van der Waals surface area contributed by atoms with E-state index in [9.17, 15) is 9.59 Å². The van der Waals surface area contributed by atoms with Crippen molar-refractivity contribution in [3.8, 4) is 16.9 Å². The van der Waals surface area contributed by atoms with Crippen molar-refractivity contribution in [1.82, 2.24) is 19.8 Å². The van der Waals surface area contributed by atoms with Gasteiger partial charge in [-0.25, -0.2) is 9.97 Å². The second-order valence-electron chi connectivity index (χ2n) is 8.82. The van der Waals surface area contributed by atoms with Gasteiger partial charge in [-0.1, -0.05) is 36.4 Å². The number of carbonyl (C=O) groups excluding carboxylic acids is 2. The minimum absolute atomic E-state index is 0.226. The van der Waals surface area contributed by atoms with Gasteiger partial charge in [-0.05, 0) is 37.1 Å².